The van der Waals surface area contributed by atoms with Gasteiger partial charge in [-0.1, -0.05) is 6.92 Å². The molecule has 0 atom stereocenters. The Bertz CT molecular complexity index is 470. The summed E-state index contributed by atoms with van der Waals surface area (Å²) in [5.74, 6) is -0.267. The van der Waals surface area contributed by atoms with Crippen molar-refractivity contribution in [2.24, 2.45) is 0 Å². The van der Waals surface area contributed by atoms with Crippen molar-refractivity contribution in [3.05, 3.63) is 33.4 Å². The number of hydrogen-bond acceptors (Lipinski definition) is 5. The molecule has 1 aromatic carbocycles. The second-order valence-corrected chi connectivity index (χ2v) is 3.51. The minimum Gasteiger partial charge on any atom is -0.496 e. The highest BCUT2D eigenvalue weighted by molar-refractivity contribution is 5.94. The van der Waals surface area contributed by atoms with E-state index in [1.54, 1.807) is 6.92 Å². The lowest BCUT2D eigenvalue weighted by atomic mass is 10.1. The Hall–Kier alpha value is -2.11. The van der Waals surface area contributed by atoms with Gasteiger partial charge in [0.2, 0.25) is 0 Å². The van der Waals surface area contributed by atoms with Gasteiger partial charge in [0.1, 0.15) is 11.3 Å². The number of ether oxygens (including phenoxy) is 2. The van der Waals surface area contributed by atoms with Gasteiger partial charge in [0, 0.05) is 17.7 Å². The van der Waals surface area contributed by atoms with Crippen molar-refractivity contribution in [2.45, 2.75) is 20.3 Å². The summed E-state index contributed by atoms with van der Waals surface area (Å²) in [6.45, 7) is 3.65. The number of nitro benzene ring substituents is 1. The van der Waals surface area contributed by atoms with Gasteiger partial charge in [0.05, 0.1) is 18.6 Å². The van der Waals surface area contributed by atoms with E-state index < -0.39 is 10.9 Å². The zero-order valence-electron chi connectivity index (χ0n) is 10.6. The van der Waals surface area contributed by atoms with Crippen LogP contribution in [0.25, 0.3) is 0 Å². The summed E-state index contributed by atoms with van der Waals surface area (Å²) in [4.78, 5) is 22.0. The molecule has 6 nitrogen and oxygen atoms in total. The molecule has 0 radical (unpaired) electrons. The monoisotopic (exact) mass is 253 g/mol. The Kier molecular flexibility index (Phi) is 4.65. The number of aryl methyl sites for hydroxylation is 1. The minimum atomic E-state index is -0.717. The molecule has 6 heteroatoms. The summed E-state index contributed by atoms with van der Waals surface area (Å²) in [5.41, 5.74) is 0.333. The Morgan fingerprint density at radius 1 is 1.39 bits per heavy atom. The topological polar surface area (TPSA) is 78.7 Å². The molecule has 0 spiro atoms. The van der Waals surface area contributed by atoms with Crippen LogP contribution < -0.4 is 4.74 Å². The van der Waals surface area contributed by atoms with Crippen LogP contribution in [0.5, 0.6) is 5.75 Å². The molecule has 0 aromatic heterocycles. The number of nitro groups is 1. The van der Waals surface area contributed by atoms with E-state index >= 15 is 0 Å². The Balaban J connectivity index is 3.37. The molecule has 0 aliphatic carbocycles. The van der Waals surface area contributed by atoms with Crippen LogP contribution in [0.1, 0.15) is 29.8 Å². The SMILES string of the molecule is CCOC(=O)c1cc(OC)c(CC)cc1[N+](=O)[O-]. The van der Waals surface area contributed by atoms with Crippen molar-refractivity contribution in [1.82, 2.24) is 0 Å². The maximum Gasteiger partial charge on any atom is 0.345 e. The number of carbonyl (C=O) groups is 1. The van der Waals surface area contributed by atoms with E-state index in [1.165, 1.54) is 19.2 Å². The van der Waals surface area contributed by atoms with E-state index in [1.807, 2.05) is 6.92 Å². The molecule has 98 valence electrons. The van der Waals surface area contributed by atoms with E-state index in [9.17, 15) is 14.9 Å². The number of methoxy groups -OCH3 is 1. The smallest absolute Gasteiger partial charge is 0.345 e. The summed E-state index contributed by atoms with van der Waals surface area (Å²) in [6.07, 6.45) is 0.577. The summed E-state index contributed by atoms with van der Waals surface area (Å²) in [6, 6.07) is 2.71. The summed E-state index contributed by atoms with van der Waals surface area (Å²) < 4.78 is 9.90. The highest BCUT2D eigenvalue weighted by atomic mass is 16.6. The third kappa shape index (κ3) is 2.77. The first-order valence-electron chi connectivity index (χ1n) is 5.57. The number of esters is 1. The Morgan fingerprint density at radius 3 is 2.50 bits per heavy atom. The molecular formula is C12H15NO5. The average Bonchev–Trinajstić information content (AvgIpc) is 2.37. The summed E-state index contributed by atoms with van der Waals surface area (Å²) in [7, 11) is 1.45. The lowest BCUT2D eigenvalue weighted by Gasteiger charge is -2.09. The van der Waals surface area contributed by atoms with E-state index in [2.05, 4.69) is 0 Å². The fraction of sp³-hybridized carbons (Fsp3) is 0.417. The van der Waals surface area contributed by atoms with Crippen LogP contribution in [0, 0.1) is 10.1 Å². The lowest BCUT2D eigenvalue weighted by molar-refractivity contribution is -0.385. The van der Waals surface area contributed by atoms with Gasteiger partial charge in [0.15, 0.2) is 0 Å². The predicted octanol–water partition coefficient (Wildman–Crippen LogP) is 2.34. The number of hydrogen-bond donors (Lipinski definition) is 0. The molecule has 0 N–H and O–H groups in total. The number of nitrogens with zero attached hydrogens (tertiary/aromatic N) is 1. The molecule has 0 heterocycles. The van der Waals surface area contributed by atoms with Gasteiger partial charge in [-0.2, -0.15) is 0 Å². The van der Waals surface area contributed by atoms with Crippen LogP contribution in [0.4, 0.5) is 5.69 Å². The molecule has 0 bridgehead atoms. The van der Waals surface area contributed by atoms with Gasteiger partial charge in [-0.15, -0.1) is 0 Å². The lowest BCUT2D eigenvalue weighted by Crippen LogP contribution is -2.09. The van der Waals surface area contributed by atoms with Crippen LogP contribution in [0.15, 0.2) is 12.1 Å². The fourth-order valence-electron chi connectivity index (χ4n) is 1.60. The highest BCUT2D eigenvalue weighted by Gasteiger charge is 2.24. The standard InChI is InChI=1S/C12H15NO5/c1-4-8-6-10(13(15)16)9(7-11(8)17-3)12(14)18-5-2/h6-7H,4-5H2,1-3H3. The summed E-state index contributed by atoms with van der Waals surface area (Å²) >= 11 is 0. The first-order chi connectivity index (χ1) is 8.54. The van der Waals surface area contributed by atoms with Crippen molar-refractivity contribution in [3.8, 4) is 5.75 Å². The van der Waals surface area contributed by atoms with Gasteiger partial charge in [-0.25, -0.2) is 4.79 Å². The zero-order valence-corrected chi connectivity index (χ0v) is 10.6. The minimum absolute atomic E-state index is 0.0871. The average molecular weight is 253 g/mol. The molecular weight excluding hydrogens is 238 g/mol. The van der Waals surface area contributed by atoms with Gasteiger partial charge < -0.3 is 9.47 Å². The first-order valence-corrected chi connectivity index (χ1v) is 5.57. The fourth-order valence-corrected chi connectivity index (χ4v) is 1.60. The molecule has 0 amide bonds. The largest absolute Gasteiger partial charge is 0.496 e. The predicted molar refractivity (Wildman–Crippen MR) is 65.0 cm³/mol. The molecule has 1 aromatic rings. The molecule has 0 fully saturated rings. The summed E-state index contributed by atoms with van der Waals surface area (Å²) in [5, 5.41) is 11.0. The van der Waals surface area contributed by atoms with E-state index in [-0.39, 0.29) is 17.9 Å². The van der Waals surface area contributed by atoms with E-state index in [0.717, 1.165) is 0 Å². The van der Waals surface area contributed by atoms with Crippen LogP contribution in [-0.2, 0) is 11.2 Å². The van der Waals surface area contributed by atoms with Crippen LogP contribution in [0.3, 0.4) is 0 Å². The van der Waals surface area contributed by atoms with Crippen molar-refractivity contribution < 1.29 is 19.2 Å². The second kappa shape index (κ2) is 6.00. The van der Waals surface area contributed by atoms with Gasteiger partial charge in [0.25, 0.3) is 5.69 Å². The van der Waals surface area contributed by atoms with Crippen molar-refractivity contribution in [3.63, 3.8) is 0 Å². The zero-order chi connectivity index (χ0) is 13.7. The van der Waals surface area contributed by atoms with Gasteiger partial charge in [-0.3, -0.25) is 10.1 Å². The molecule has 0 saturated carbocycles. The molecule has 0 aliphatic heterocycles. The van der Waals surface area contributed by atoms with E-state index in [4.69, 9.17) is 9.47 Å². The van der Waals surface area contributed by atoms with E-state index in [0.29, 0.717) is 17.7 Å². The Morgan fingerprint density at radius 2 is 2.06 bits per heavy atom. The third-order valence-corrected chi connectivity index (χ3v) is 2.47. The first kappa shape index (κ1) is 14.0. The van der Waals surface area contributed by atoms with Crippen LogP contribution in [0.2, 0.25) is 0 Å². The molecule has 0 saturated heterocycles. The Labute approximate surface area is 105 Å². The third-order valence-electron chi connectivity index (χ3n) is 2.47. The molecule has 1 rings (SSSR count). The maximum absolute atomic E-state index is 11.7. The van der Waals surface area contributed by atoms with Crippen molar-refractivity contribution in [1.29, 1.82) is 0 Å². The highest BCUT2D eigenvalue weighted by Crippen LogP contribution is 2.29. The molecule has 0 unspecified atom stereocenters. The van der Waals surface area contributed by atoms with Gasteiger partial charge in [-0.05, 0) is 13.3 Å². The molecule has 18 heavy (non-hydrogen) atoms. The van der Waals surface area contributed by atoms with Crippen LogP contribution >= 0.6 is 0 Å². The van der Waals surface area contributed by atoms with Gasteiger partial charge >= 0.3 is 5.97 Å². The van der Waals surface area contributed by atoms with Crippen molar-refractivity contribution in [2.75, 3.05) is 13.7 Å². The van der Waals surface area contributed by atoms with Crippen LogP contribution in [-0.4, -0.2) is 24.6 Å². The quantitative estimate of drug-likeness (QED) is 0.457. The second-order valence-electron chi connectivity index (χ2n) is 3.51. The normalized spacial score (nSPS) is 9.94. The van der Waals surface area contributed by atoms with Crippen molar-refractivity contribution >= 4 is 11.7 Å². The molecule has 0 aliphatic rings. The number of benzene rings is 1. The number of rotatable bonds is 5. The maximum atomic E-state index is 11.7. The number of carbonyl (C=O) groups excluding carboxylic acids is 1.